The molecule has 3 rings (SSSR count). The standard InChI is InChI=1S/C26H30N2O4/c1-17(2)32-23-9-5-8-21(13-23)24(29)15-28-26(30)22-11-18(3)25(19(4)12-22)31-16-20-7-6-10-27-14-20/h5-14,17,24,29H,15-16H2,1-4H3,(H,28,30). The van der Waals surface area contributed by atoms with Gasteiger partial charge in [0.15, 0.2) is 0 Å². The van der Waals surface area contributed by atoms with Crippen LogP contribution in [0.15, 0.2) is 60.9 Å². The molecule has 1 heterocycles. The first-order valence-electron chi connectivity index (χ1n) is 10.7. The van der Waals surface area contributed by atoms with Crippen LogP contribution in [-0.2, 0) is 6.61 Å². The lowest BCUT2D eigenvalue weighted by atomic mass is 10.0. The second kappa shape index (κ2) is 10.8. The van der Waals surface area contributed by atoms with Crippen molar-refractivity contribution in [1.29, 1.82) is 0 Å². The summed E-state index contributed by atoms with van der Waals surface area (Å²) in [6.45, 7) is 8.23. The maximum Gasteiger partial charge on any atom is 0.251 e. The summed E-state index contributed by atoms with van der Waals surface area (Å²) in [5, 5.41) is 13.3. The van der Waals surface area contributed by atoms with Crippen LogP contribution in [0.2, 0.25) is 0 Å². The van der Waals surface area contributed by atoms with Crippen molar-refractivity contribution in [3.63, 3.8) is 0 Å². The van der Waals surface area contributed by atoms with E-state index in [1.807, 2.05) is 58.0 Å². The topological polar surface area (TPSA) is 80.7 Å². The van der Waals surface area contributed by atoms with Crippen LogP contribution in [0.3, 0.4) is 0 Å². The lowest BCUT2D eigenvalue weighted by Crippen LogP contribution is -2.28. The van der Waals surface area contributed by atoms with Crippen molar-refractivity contribution in [3.05, 3.63) is 88.7 Å². The molecule has 0 spiro atoms. The number of aryl methyl sites for hydroxylation is 2. The first-order valence-corrected chi connectivity index (χ1v) is 10.7. The van der Waals surface area contributed by atoms with Crippen LogP contribution in [-0.4, -0.2) is 28.6 Å². The molecule has 1 aromatic heterocycles. The summed E-state index contributed by atoms with van der Waals surface area (Å²) < 4.78 is 11.6. The smallest absolute Gasteiger partial charge is 0.251 e. The molecule has 3 aromatic rings. The largest absolute Gasteiger partial charge is 0.491 e. The quantitative estimate of drug-likeness (QED) is 0.517. The van der Waals surface area contributed by atoms with Gasteiger partial charge in [0.05, 0.1) is 12.2 Å². The highest BCUT2D eigenvalue weighted by atomic mass is 16.5. The maximum atomic E-state index is 12.7. The summed E-state index contributed by atoms with van der Waals surface area (Å²) in [5.74, 6) is 1.20. The number of carbonyl (C=O) groups excluding carboxylic acids is 1. The molecule has 32 heavy (non-hydrogen) atoms. The predicted molar refractivity (Wildman–Crippen MR) is 124 cm³/mol. The van der Waals surface area contributed by atoms with E-state index in [1.165, 1.54) is 0 Å². The number of rotatable bonds is 9. The van der Waals surface area contributed by atoms with Gasteiger partial charge in [0.2, 0.25) is 0 Å². The fourth-order valence-corrected chi connectivity index (χ4v) is 3.42. The molecular formula is C26H30N2O4. The Hall–Kier alpha value is -3.38. The van der Waals surface area contributed by atoms with Gasteiger partial charge in [0, 0.05) is 30.1 Å². The number of nitrogens with zero attached hydrogens (tertiary/aromatic N) is 1. The SMILES string of the molecule is Cc1cc(C(=O)NCC(O)c2cccc(OC(C)C)c2)cc(C)c1OCc1cccnc1. The van der Waals surface area contributed by atoms with Crippen LogP contribution in [0.5, 0.6) is 11.5 Å². The zero-order chi connectivity index (χ0) is 23.1. The molecule has 0 saturated heterocycles. The summed E-state index contributed by atoms with van der Waals surface area (Å²) in [7, 11) is 0. The number of ether oxygens (including phenoxy) is 2. The first kappa shape index (κ1) is 23.3. The molecular weight excluding hydrogens is 404 g/mol. The van der Waals surface area contributed by atoms with Crippen LogP contribution >= 0.6 is 0 Å². The number of aliphatic hydroxyl groups excluding tert-OH is 1. The summed E-state index contributed by atoms with van der Waals surface area (Å²) in [4.78, 5) is 16.8. The Morgan fingerprint density at radius 2 is 1.84 bits per heavy atom. The Morgan fingerprint density at radius 3 is 2.50 bits per heavy atom. The highest BCUT2D eigenvalue weighted by Gasteiger charge is 2.15. The van der Waals surface area contributed by atoms with Gasteiger partial charge in [-0.1, -0.05) is 18.2 Å². The maximum absolute atomic E-state index is 12.7. The van der Waals surface area contributed by atoms with E-state index in [0.717, 1.165) is 22.4 Å². The molecule has 1 unspecified atom stereocenters. The Balaban J connectivity index is 1.61. The minimum absolute atomic E-state index is 0.0462. The molecule has 0 saturated carbocycles. The van der Waals surface area contributed by atoms with Crippen molar-refractivity contribution in [3.8, 4) is 11.5 Å². The van der Waals surface area contributed by atoms with Crippen molar-refractivity contribution in [2.45, 2.75) is 46.5 Å². The molecule has 1 atom stereocenters. The Bertz CT molecular complexity index is 1030. The highest BCUT2D eigenvalue weighted by Crippen LogP contribution is 2.26. The second-order valence-corrected chi connectivity index (χ2v) is 8.05. The van der Waals surface area contributed by atoms with Gasteiger partial charge in [-0.3, -0.25) is 9.78 Å². The van der Waals surface area contributed by atoms with Crippen molar-refractivity contribution < 1.29 is 19.4 Å². The molecule has 2 N–H and O–H groups in total. The average molecular weight is 435 g/mol. The van der Waals surface area contributed by atoms with E-state index in [-0.39, 0.29) is 18.6 Å². The number of aliphatic hydroxyl groups is 1. The Morgan fingerprint density at radius 1 is 1.09 bits per heavy atom. The van der Waals surface area contributed by atoms with Crippen LogP contribution < -0.4 is 14.8 Å². The third kappa shape index (κ3) is 6.31. The molecule has 6 nitrogen and oxygen atoms in total. The van der Waals surface area contributed by atoms with Crippen LogP contribution in [0.1, 0.15) is 52.6 Å². The number of benzene rings is 2. The van der Waals surface area contributed by atoms with Crippen LogP contribution in [0.4, 0.5) is 0 Å². The molecule has 168 valence electrons. The van der Waals surface area contributed by atoms with E-state index >= 15 is 0 Å². The fourth-order valence-electron chi connectivity index (χ4n) is 3.42. The average Bonchev–Trinajstić information content (AvgIpc) is 2.77. The van der Waals surface area contributed by atoms with Crippen molar-refractivity contribution in [1.82, 2.24) is 10.3 Å². The second-order valence-electron chi connectivity index (χ2n) is 8.05. The number of nitrogens with one attached hydrogen (secondary N) is 1. The van der Waals surface area contributed by atoms with Gasteiger partial charge in [-0.25, -0.2) is 0 Å². The molecule has 2 aromatic carbocycles. The molecule has 0 aliphatic rings. The van der Waals surface area contributed by atoms with E-state index < -0.39 is 6.10 Å². The molecule has 0 aliphatic heterocycles. The van der Waals surface area contributed by atoms with Gasteiger partial charge in [-0.15, -0.1) is 0 Å². The Labute approximate surface area is 189 Å². The number of aromatic nitrogens is 1. The molecule has 0 aliphatic carbocycles. The van der Waals surface area contributed by atoms with Crippen LogP contribution in [0.25, 0.3) is 0 Å². The third-order valence-electron chi connectivity index (χ3n) is 4.90. The normalized spacial score (nSPS) is 11.8. The third-order valence-corrected chi connectivity index (χ3v) is 4.90. The summed E-state index contributed by atoms with van der Waals surface area (Å²) in [6.07, 6.45) is 2.70. The van der Waals surface area contributed by atoms with E-state index in [9.17, 15) is 9.90 Å². The van der Waals surface area contributed by atoms with E-state index in [2.05, 4.69) is 10.3 Å². The summed E-state index contributed by atoms with van der Waals surface area (Å²) in [6, 6.07) is 14.7. The number of hydrogen-bond acceptors (Lipinski definition) is 5. The van der Waals surface area contributed by atoms with E-state index in [1.54, 1.807) is 30.6 Å². The lowest BCUT2D eigenvalue weighted by molar-refractivity contribution is 0.0916. The van der Waals surface area contributed by atoms with Gasteiger partial charge in [0.1, 0.15) is 18.1 Å². The summed E-state index contributed by atoms with van der Waals surface area (Å²) >= 11 is 0. The minimum atomic E-state index is -0.834. The minimum Gasteiger partial charge on any atom is -0.491 e. The van der Waals surface area contributed by atoms with Gasteiger partial charge >= 0.3 is 0 Å². The molecule has 1 amide bonds. The number of amides is 1. The fraction of sp³-hybridized carbons (Fsp3) is 0.308. The number of carbonyl (C=O) groups is 1. The molecule has 6 heteroatoms. The monoisotopic (exact) mass is 434 g/mol. The van der Waals surface area contributed by atoms with Gasteiger partial charge in [0.25, 0.3) is 5.91 Å². The molecule has 0 fully saturated rings. The van der Waals surface area contributed by atoms with Gasteiger partial charge in [-0.2, -0.15) is 0 Å². The van der Waals surface area contributed by atoms with Gasteiger partial charge < -0.3 is 19.9 Å². The van der Waals surface area contributed by atoms with Crippen molar-refractivity contribution in [2.24, 2.45) is 0 Å². The Kier molecular flexibility index (Phi) is 7.84. The highest BCUT2D eigenvalue weighted by molar-refractivity contribution is 5.94. The van der Waals surface area contributed by atoms with Gasteiger partial charge in [-0.05, 0) is 74.7 Å². The van der Waals surface area contributed by atoms with E-state index in [0.29, 0.717) is 23.5 Å². The molecule has 0 radical (unpaired) electrons. The lowest BCUT2D eigenvalue weighted by Gasteiger charge is -2.16. The summed E-state index contributed by atoms with van der Waals surface area (Å²) in [5.41, 5.74) is 3.94. The van der Waals surface area contributed by atoms with Crippen molar-refractivity contribution >= 4 is 5.91 Å². The first-order chi connectivity index (χ1) is 15.3. The zero-order valence-corrected chi connectivity index (χ0v) is 19.0. The number of hydrogen-bond donors (Lipinski definition) is 2. The predicted octanol–water partition coefficient (Wildman–Crippen LogP) is 4.53. The number of pyridine rings is 1. The molecule has 0 bridgehead atoms. The van der Waals surface area contributed by atoms with Crippen LogP contribution in [0, 0.1) is 13.8 Å². The van der Waals surface area contributed by atoms with Crippen molar-refractivity contribution in [2.75, 3.05) is 6.54 Å². The zero-order valence-electron chi connectivity index (χ0n) is 19.0. The van der Waals surface area contributed by atoms with E-state index in [4.69, 9.17) is 9.47 Å².